The first-order valence-electron chi connectivity index (χ1n) is 7.27. The molecule has 0 atom stereocenters. The van der Waals surface area contributed by atoms with Crippen molar-refractivity contribution in [3.63, 3.8) is 0 Å². The molecule has 0 spiro atoms. The van der Waals surface area contributed by atoms with E-state index in [1.54, 1.807) is 17.5 Å². The molecule has 3 rings (SSSR count). The molecule has 0 radical (unpaired) electrons. The van der Waals surface area contributed by atoms with Crippen molar-refractivity contribution in [3.8, 4) is 11.5 Å². The highest BCUT2D eigenvalue weighted by Gasteiger charge is 2.11. The van der Waals surface area contributed by atoms with Crippen LogP contribution in [0.2, 0.25) is 0 Å². The Morgan fingerprint density at radius 3 is 2.96 bits per heavy atom. The highest BCUT2D eigenvalue weighted by Crippen LogP contribution is 2.15. The Kier molecular flexibility index (Phi) is 4.77. The van der Waals surface area contributed by atoms with E-state index in [-0.39, 0.29) is 5.91 Å². The third-order valence-electron chi connectivity index (χ3n) is 3.18. The normalized spacial score (nSPS) is 10.7. The van der Waals surface area contributed by atoms with Gasteiger partial charge >= 0.3 is 0 Å². The highest BCUT2D eigenvalue weighted by atomic mass is 32.1. The van der Waals surface area contributed by atoms with E-state index in [1.807, 2.05) is 37.3 Å². The topological polar surface area (TPSA) is 80.9 Å². The van der Waals surface area contributed by atoms with Gasteiger partial charge in [0.25, 0.3) is 0 Å². The van der Waals surface area contributed by atoms with Gasteiger partial charge in [-0.05, 0) is 31.2 Å². The van der Waals surface area contributed by atoms with Crippen LogP contribution in [0.4, 0.5) is 0 Å². The van der Waals surface area contributed by atoms with E-state index in [0.29, 0.717) is 36.8 Å². The Balaban J connectivity index is 1.48. The summed E-state index contributed by atoms with van der Waals surface area (Å²) in [5.74, 6) is 0.844. The monoisotopic (exact) mass is 328 g/mol. The number of carbonyl (C=O) groups excluding carboxylic acids is 1. The molecule has 0 aliphatic rings. The number of nitrogens with one attached hydrogen (secondary N) is 1. The SMILES string of the molecule is Cc1ccc(CNC(=O)CCc2nc(-c3ccccn3)no2)s1. The third-order valence-corrected chi connectivity index (χ3v) is 4.18. The fourth-order valence-corrected chi connectivity index (χ4v) is 2.86. The minimum atomic E-state index is -0.0337. The molecule has 1 amide bonds. The molecule has 0 saturated carbocycles. The first-order valence-corrected chi connectivity index (χ1v) is 8.08. The summed E-state index contributed by atoms with van der Waals surface area (Å²) in [5, 5.41) is 6.77. The van der Waals surface area contributed by atoms with Crippen LogP contribution in [0.3, 0.4) is 0 Å². The van der Waals surface area contributed by atoms with Crippen molar-refractivity contribution in [1.82, 2.24) is 20.4 Å². The molecule has 0 bridgehead atoms. The molecule has 0 unspecified atom stereocenters. The standard InChI is InChI=1S/C16H16N4O2S/c1-11-5-6-12(23-11)10-18-14(21)7-8-15-19-16(20-22-15)13-4-2-3-9-17-13/h2-6,9H,7-8,10H2,1H3,(H,18,21). The molecule has 118 valence electrons. The molecule has 3 heterocycles. The number of hydrogen-bond acceptors (Lipinski definition) is 6. The van der Waals surface area contributed by atoms with E-state index >= 15 is 0 Å². The lowest BCUT2D eigenvalue weighted by atomic mass is 10.3. The number of thiophene rings is 1. The minimum absolute atomic E-state index is 0.0337. The molecular weight excluding hydrogens is 312 g/mol. The average Bonchev–Trinajstić information content (AvgIpc) is 3.21. The number of amides is 1. The van der Waals surface area contributed by atoms with E-state index in [4.69, 9.17) is 4.52 Å². The minimum Gasteiger partial charge on any atom is -0.351 e. The van der Waals surface area contributed by atoms with Gasteiger partial charge < -0.3 is 9.84 Å². The maximum Gasteiger partial charge on any atom is 0.227 e. The van der Waals surface area contributed by atoms with E-state index in [0.717, 1.165) is 4.88 Å². The smallest absolute Gasteiger partial charge is 0.227 e. The van der Waals surface area contributed by atoms with E-state index in [1.165, 1.54) is 4.88 Å². The Hall–Kier alpha value is -2.54. The number of aromatic nitrogens is 3. The molecule has 23 heavy (non-hydrogen) atoms. The Morgan fingerprint density at radius 1 is 1.30 bits per heavy atom. The summed E-state index contributed by atoms with van der Waals surface area (Å²) in [4.78, 5) is 22.7. The lowest BCUT2D eigenvalue weighted by molar-refractivity contribution is -0.121. The predicted octanol–water partition coefficient (Wildman–Crippen LogP) is 2.75. The molecule has 0 saturated heterocycles. The molecule has 3 aromatic rings. The summed E-state index contributed by atoms with van der Waals surface area (Å²) in [7, 11) is 0. The van der Waals surface area contributed by atoms with Crippen molar-refractivity contribution >= 4 is 17.2 Å². The second kappa shape index (κ2) is 7.15. The van der Waals surface area contributed by atoms with Crippen LogP contribution in [0.15, 0.2) is 41.1 Å². The number of aryl methyl sites for hydroxylation is 2. The molecule has 0 aliphatic carbocycles. The van der Waals surface area contributed by atoms with Crippen molar-refractivity contribution in [3.05, 3.63) is 52.2 Å². The highest BCUT2D eigenvalue weighted by molar-refractivity contribution is 7.11. The van der Waals surface area contributed by atoms with Crippen molar-refractivity contribution in [1.29, 1.82) is 0 Å². The van der Waals surface area contributed by atoms with Crippen LogP contribution < -0.4 is 5.32 Å². The second-order valence-electron chi connectivity index (χ2n) is 5.02. The van der Waals surface area contributed by atoms with E-state index in [2.05, 4.69) is 20.4 Å². The van der Waals surface area contributed by atoms with Crippen LogP contribution in [-0.4, -0.2) is 21.0 Å². The fourth-order valence-electron chi connectivity index (χ4n) is 2.03. The van der Waals surface area contributed by atoms with Crippen LogP contribution >= 0.6 is 11.3 Å². The predicted molar refractivity (Wildman–Crippen MR) is 86.8 cm³/mol. The zero-order valence-electron chi connectivity index (χ0n) is 12.7. The first-order chi connectivity index (χ1) is 11.2. The summed E-state index contributed by atoms with van der Waals surface area (Å²) in [6, 6.07) is 9.56. The van der Waals surface area contributed by atoms with Crippen LogP contribution in [0.1, 0.15) is 22.1 Å². The van der Waals surface area contributed by atoms with Crippen LogP contribution in [-0.2, 0) is 17.8 Å². The molecule has 0 fully saturated rings. The van der Waals surface area contributed by atoms with E-state index < -0.39 is 0 Å². The summed E-state index contributed by atoms with van der Waals surface area (Å²) in [6.07, 6.45) is 2.40. The van der Waals surface area contributed by atoms with E-state index in [9.17, 15) is 4.79 Å². The van der Waals surface area contributed by atoms with Gasteiger partial charge in [0.2, 0.25) is 17.6 Å². The van der Waals surface area contributed by atoms with Crippen molar-refractivity contribution < 1.29 is 9.32 Å². The number of nitrogens with zero attached hydrogens (tertiary/aromatic N) is 3. The van der Waals surface area contributed by atoms with Crippen LogP contribution in [0, 0.1) is 6.92 Å². The van der Waals surface area contributed by atoms with Crippen molar-refractivity contribution in [2.45, 2.75) is 26.3 Å². The Morgan fingerprint density at radius 2 is 2.22 bits per heavy atom. The number of rotatable bonds is 6. The van der Waals surface area contributed by atoms with Gasteiger partial charge in [-0.2, -0.15) is 4.98 Å². The van der Waals surface area contributed by atoms with Gasteiger partial charge in [-0.3, -0.25) is 9.78 Å². The molecule has 6 nitrogen and oxygen atoms in total. The molecule has 3 aromatic heterocycles. The van der Waals surface area contributed by atoms with Crippen molar-refractivity contribution in [2.24, 2.45) is 0 Å². The maximum absolute atomic E-state index is 11.9. The first kappa shape index (κ1) is 15.4. The number of carbonyl (C=O) groups is 1. The Labute approximate surface area is 137 Å². The van der Waals surface area contributed by atoms with Gasteiger partial charge in [0.1, 0.15) is 5.69 Å². The quantitative estimate of drug-likeness (QED) is 0.752. The zero-order valence-corrected chi connectivity index (χ0v) is 13.5. The van der Waals surface area contributed by atoms with Gasteiger partial charge in [0.05, 0.1) is 6.54 Å². The van der Waals surface area contributed by atoms with Gasteiger partial charge in [-0.25, -0.2) is 0 Å². The number of pyridine rings is 1. The lowest BCUT2D eigenvalue weighted by Gasteiger charge is -2.01. The number of hydrogen-bond donors (Lipinski definition) is 1. The molecule has 0 aromatic carbocycles. The van der Waals surface area contributed by atoms with Gasteiger partial charge in [0.15, 0.2) is 0 Å². The lowest BCUT2D eigenvalue weighted by Crippen LogP contribution is -2.22. The molecule has 7 heteroatoms. The van der Waals surface area contributed by atoms with Gasteiger partial charge in [-0.1, -0.05) is 11.2 Å². The largest absolute Gasteiger partial charge is 0.351 e. The molecular formula is C16H16N4O2S. The van der Waals surface area contributed by atoms with Gasteiger partial charge in [0, 0.05) is 28.8 Å². The fraction of sp³-hybridized carbons (Fsp3) is 0.250. The zero-order chi connectivity index (χ0) is 16.1. The third kappa shape index (κ3) is 4.23. The maximum atomic E-state index is 11.9. The summed E-state index contributed by atoms with van der Waals surface area (Å²) in [6.45, 7) is 2.60. The summed E-state index contributed by atoms with van der Waals surface area (Å²) >= 11 is 1.68. The van der Waals surface area contributed by atoms with Crippen LogP contribution in [0.25, 0.3) is 11.5 Å². The Bertz CT molecular complexity index is 782. The molecule has 0 aliphatic heterocycles. The summed E-state index contributed by atoms with van der Waals surface area (Å²) < 4.78 is 5.16. The van der Waals surface area contributed by atoms with Crippen LogP contribution in [0.5, 0.6) is 0 Å². The molecule has 1 N–H and O–H groups in total. The average molecular weight is 328 g/mol. The van der Waals surface area contributed by atoms with Gasteiger partial charge in [-0.15, -0.1) is 11.3 Å². The second-order valence-corrected chi connectivity index (χ2v) is 6.39. The van der Waals surface area contributed by atoms with Crippen molar-refractivity contribution in [2.75, 3.05) is 0 Å². The summed E-state index contributed by atoms with van der Waals surface area (Å²) in [5.41, 5.74) is 0.653.